The van der Waals surface area contributed by atoms with E-state index in [0.29, 0.717) is 4.88 Å². The number of aromatic nitrogens is 3. The van der Waals surface area contributed by atoms with Gasteiger partial charge in [-0.1, -0.05) is 51.1 Å². The Morgan fingerprint density at radius 2 is 1.90 bits per heavy atom. The highest BCUT2D eigenvalue weighted by Gasteiger charge is 2.26. The predicted molar refractivity (Wildman–Crippen MR) is 115 cm³/mol. The van der Waals surface area contributed by atoms with E-state index < -0.39 is 17.2 Å². The fourth-order valence-corrected chi connectivity index (χ4v) is 3.76. The lowest BCUT2D eigenvalue weighted by atomic mass is 9.98. The first-order valence-corrected chi connectivity index (χ1v) is 9.82. The summed E-state index contributed by atoms with van der Waals surface area (Å²) in [5.74, 6) is -0.487. The highest BCUT2D eigenvalue weighted by Crippen LogP contribution is 2.28. The zero-order chi connectivity index (χ0) is 21.3. The summed E-state index contributed by atoms with van der Waals surface area (Å²) in [5, 5.41) is 0.810. The molecule has 2 aromatic heterocycles. The second-order valence-electron chi connectivity index (χ2n) is 7.71. The number of carbonyl (C=O) groups excluding carboxylic acids is 1. The van der Waals surface area contributed by atoms with Crippen LogP contribution in [-0.2, 0) is 12.0 Å². The van der Waals surface area contributed by atoms with Gasteiger partial charge in [0.15, 0.2) is 5.69 Å². The lowest BCUT2D eigenvalue weighted by molar-refractivity contribution is 0.0996. The van der Waals surface area contributed by atoms with E-state index in [1.807, 2.05) is 51.1 Å². The largest absolute Gasteiger partial charge is 0.383 e. The van der Waals surface area contributed by atoms with Crippen molar-refractivity contribution in [3.8, 4) is 0 Å². The average molecular weight is 414 g/mol. The summed E-state index contributed by atoms with van der Waals surface area (Å²) in [6.07, 6.45) is 1.49. The number of hydrogen-bond acceptors (Lipinski definition) is 6. The number of nitrogens with two attached hydrogens (primary N) is 1. The average Bonchev–Trinajstić information content (AvgIpc) is 3.15. The number of aromatic amines is 1. The summed E-state index contributed by atoms with van der Waals surface area (Å²) in [7, 11) is 1.46. The van der Waals surface area contributed by atoms with Crippen LogP contribution in [0.15, 0.2) is 46.1 Å². The first-order valence-electron chi connectivity index (χ1n) is 9.00. The summed E-state index contributed by atoms with van der Waals surface area (Å²) < 4.78 is 1.24. The number of hydrogen-bond donors (Lipinski definition) is 2. The van der Waals surface area contributed by atoms with E-state index in [1.54, 1.807) is 0 Å². The van der Waals surface area contributed by atoms with Crippen molar-refractivity contribution < 1.29 is 4.79 Å². The molecule has 0 aliphatic carbocycles. The van der Waals surface area contributed by atoms with E-state index >= 15 is 0 Å². The molecular formula is C20H23N5O3S. The molecule has 0 radical (unpaired) electrons. The van der Waals surface area contributed by atoms with Crippen molar-refractivity contribution in [2.75, 3.05) is 17.7 Å². The van der Waals surface area contributed by atoms with Crippen molar-refractivity contribution in [3.05, 3.63) is 72.8 Å². The fourth-order valence-electron chi connectivity index (χ4n) is 2.81. The first-order chi connectivity index (χ1) is 13.6. The van der Waals surface area contributed by atoms with Gasteiger partial charge in [-0.25, -0.2) is 9.78 Å². The predicted octanol–water partition coefficient (Wildman–Crippen LogP) is 2.20. The number of nitrogens with zero attached hydrogens (tertiary/aromatic N) is 3. The minimum absolute atomic E-state index is 0.0704. The molecule has 3 aromatic rings. The Morgan fingerprint density at radius 3 is 2.48 bits per heavy atom. The summed E-state index contributed by atoms with van der Waals surface area (Å²) in [4.78, 5) is 45.8. The highest BCUT2D eigenvalue weighted by atomic mass is 32.1. The molecule has 0 fully saturated rings. The Kier molecular flexibility index (Phi) is 5.43. The van der Waals surface area contributed by atoms with Crippen molar-refractivity contribution in [2.45, 2.75) is 32.7 Å². The van der Waals surface area contributed by atoms with Crippen LogP contribution >= 0.6 is 11.3 Å². The second-order valence-corrected chi connectivity index (χ2v) is 8.74. The minimum atomic E-state index is -0.715. The summed E-state index contributed by atoms with van der Waals surface area (Å²) in [6.45, 7) is 6.19. The smallest absolute Gasteiger partial charge is 0.330 e. The normalized spacial score (nSPS) is 11.4. The van der Waals surface area contributed by atoms with Gasteiger partial charge in [-0.2, -0.15) is 0 Å². The van der Waals surface area contributed by atoms with Crippen LogP contribution in [-0.4, -0.2) is 27.5 Å². The lowest BCUT2D eigenvalue weighted by Gasteiger charge is -2.20. The van der Waals surface area contributed by atoms with E-state index in [1.165, 1.54) is 29.1 Å². The second kappa shape index (κ2) is 7.67. The molecule has 0 aliphatic heterocycles. The van der Waals surface area contributed by atoms with Gasteiger partial charge in [0.25, 0.3) is 11.5 Å². The molecule has 1 amide bonds. The van der Waals surface area contributed by atoms with Crippen LogP contribution in [0.1, 0.15) is 41.0 Å². The van der Waals surface area contributed by atoms with Crippen LogP contribution in [0.3, 0.4) is 0 Å². The zero-order valence-corrected chi connectivity index (χ0v) is 17.5. The van der Waals surface area contributed by atoms with Crippen molar-refractivity contribution >= 4 is 28.7 Å². The van der Waals surface area contributed by atoms with Gasteiger partial charge in [0, 0.05) is 12.5 Å². The van der Waals surface area contributed by atoms with Crippen LogP contribution in [0.2, 0.25) is 0 Å². The molecule has 8 nitrogen and oxygen atoms in total. The fraction of sp³-hybridized carbons (Fsp3) is 0.300. The van der Waals surface area contributed by atoms with E-state index in [-0.39, 0.29) is 23.5 Å². The maximum absolute atomic E-state index is 12.9. The Hall–Kier alpha value is -3.20. The molecule has 0 unspecified atom stereocenters. The highest BCUT2D eigenvalue weighted by molar-refractivity contribution is 7.13. The Bertz CT molecular complexity index is 1160. The van der Waals surface area contributed by atoms with Crippen LogP contribution in [0.25, 0.3) is 0 Å². The van der Waals surface area contributed by atoms with Crippen molar-refractivity contribution in [2.24, 2.45) is 0 Å². The number of benzene rings is 1. The molecule has 0 atom stereocenters. The SMILES string of the molecule is CN(C(=O)c1cnc(C(C)(C)C)s1)c1c(N)n(Cc2ccccc2)c(=O)[nH]c1=O. The molecule has 0 bridgehead atoms. The van der Waals surface area contributed by atoms with E-state index in [0.717, 1.165) is 15.5 Å². The number of anilines is 2. The summed E-state index contributed by atoms with van der Waals surface area (Å²) in [6, 6.07) is 9.24. The third-order valence-electron chi connectivity index (χ3n) is 4.40. The third-order valence-corrected chi connectivity index (χ3v) is 5.81. The molecule has 3 N–H and O–H groups in total. The van der Waals surface area contributed by atoms with Gasteiger partial charge in [-0.3, -0.25) is 19.1 Å². The van der Waals surface area contributed by atoms with Gasteiger partial charge >= 0.3 is 5.69 Å². The van der Waals surface area contributed by atoms with Gasteiger partial charge in [-0.15, -0.1) is 11.3 Å². The first kappa shape index (κ1) is 20.5. The number of H-pyrrole nitrogens is 1. The van der Waals surface area contributed by atoms with Crippen LogP contribution in [0, 0.1) is 0 Å². The van der Waals surface area contributed by atoms with Gasteiger partial charge < -0.3 is 10.6 Å². The molecule has 2 heterocycles. The van der Waals surface area contributed by atoms with Crippen LogP contribution in [0.5, 0.6) is 0 Å². The van der Waals surface area contributed by atoms with E-state index in [4.69, 9.17) is 5.73 Å². The van der Waals surface area contributed by atoms with Gasteiger partial charge in [0.05, 0.1) is 17.7 Å². The maximum Gasteiger partial charge on any atom is 0.330 e. The molecule has 29 heavy (non-hydrogen) atoms. The molecule has 0 aliphatic rings. The van der Waals surface area contributed by atoms with Crippen molar-refractivity contribution in [3.63, 3.8) is 0 Å². The molecule has 3 rings (SSSR count). The third kappa shape index (κ3) is 4.14. The zero-order valence-electron chi connectivity index (χ0n) is 16.7. The van der Waals surface area contributed by atoms with Gasteiger partial charge in [0.2, 0.25) is 0 Å². The number of carbonyl (C=O) groups is 1. The topological polar surface area (TPSA) is 114 Å². The summed E-state index contributed by atoms with van der Waals surface area (Å²) in [5.41, 5.74) is 5.39. The van der Waals surface area contributed by atoms with Crippen molar-refractivity contribution in [1.29, 1.82) is 0 Å². The molecular weight excluding hydrogens is 390 g/mol. The number of amides is 1. The van der Waals surface area contributed by atoms with Crippen molar-refractivity contribution in [1.82, 2.24) is 14.5 Å². The number of nitrogen functional groups attached to an aromatic ring is 1. The Labute approximate surface area is 171 Å². The molecule has 0 saturated heterocycles. The van der Waals surface area contributed by atoms with Crippen LogP contribution < -0.4 is 21.9 Å². The molecule has 9 heteroatoms. The van der Waals surface area contributed by atoms with Gasteiger partial charge in [-0.05, 0) is 5.56 Å². The Balaban J connectivity index is 2.00. The number of thiazole rings is 1. The molecule has 152 valence electrons. The quantitative estimate of drug-likeness (QED) is 0.681. The van der Waals surface area contributed by atoms with E-state index in [2.05, 4.69) is 9.97 Å². The number of rotatable bonds is 4. The summed E-state index contributed by atoms with van der Waals surface area (Å²) >= 11 is 1.27. The Morgan fingerprint density at radius 1 is 1.24 bits per heavy atom. The monoisotopic (exact) mass is 413 g/mol. The standard InChI is InChI=1S/C20H23N5O3S/c1-20(2,3)18-22-10-13(29-18)17(27)24(4)14-15(21)25(19(28)23-16(14)26)11-12-8-6-5-7-9-12/h5-10H,11,21H2,1-4H3,(H,23,26,28). The molecule has 0 saturated carbocycles. The molecule has 0 spiro atoms. The minimum Gasteiger partial charge on any atom is -0.383 e. The van der Waals surface area contributed by atoms with Crippen LogP contribution in [0.4, 0.5) is 11.5 Å². The maximum atomic E-state index is 12.9. The lowest BCUT2D eigenvalue weighted by Crippen LogP contribution is -2.39. The van der Waals surface area contributed by atoms with E-state index in [9.17, 15) is 14.4 Å². The number of nitrogens with one attached hydrogen (secondary N) is 1. The van der Waals surface area contributed by atoms with Gasteiger partial charge in [0.1, 0.15) is 10.7 Å². The molecule has 1 aromatic carbocycles.